The lowest BCUT2D eigenvalue weighted by Gasteiger charge is -2.18. The molecular formula is C23H46. The number of rotatable bonds is 2. The van der Waals surface area contributed by atoms with Crippen LogP contribution >= 0.6 is 0 Å². The van der Waals surface area contributed by atoms with Gasteiger partial charge in [-0.3, -0.25) is 0 Å². The van der Waals surface area contributed by atoms with E-state index in [0.29, 0.717) is 0 Å². The van der Waals surface area contributed by atoms with Crippen LogP contribution in [0.4, 0.5) is 0 Å². The molecule has 1 fully saturated rings. The highest BCUT2D eigenvalue weighted by molar-refractivity contribution is 5.13. The molecular weight excluding hydrogens is 276 g/mol. The first kappa shape index (κ1) is 27.1. The lowest BCUT2D eigenvalue weighted by atomic mass is 9.88. The van der Waals surface area contributed by atoms with Crippen LogP contribution in [0.2, 0.25) is 0 Å². The maximum atomic E-state index is 2.32. The fourth-order valence-corrected chi connectivity index (χ4v) is 2.31. The Kier molecular flexibility index (Phi) is 27.7. The van der Waals surface area contributed by atoms with E-state index in [1.807, 2.05) is 6.07 Å². The molecule has 0 aliphatic heterocycles. The summed E-state index contributed by atoms with van der Waals surface area (Å²) in [5.74, 6) is 1.09. The van der Waals surface area contributed by atoms with Crippen LogP contribution in [0.5, 0.6) is 0 Å². The molecule has 1 aliphatic carbocycles. The zero-order valence-corrected chi connectivity index (χ0v) is 16.3. The normalized spacial score (nSPS) is 13.0. The van der Waals surface area contributed by atoms with Gasteiger partial charge in [0.25, 0.3) is 0 Å². The largest absolute Gasteiger partial charge is 0.0776 e. The predicted octanol–water partition coefficient (Wildman–Crippen LogP) is 8.69. The van der Waals surface area contributed by atoms with Crippen LogP contribution in [0.1, 0.15) is 106 Å². The van der Waals surface area contributed by atoms with Crippen molar-refractivity contribution < 1.29 is 0 Å². The molecule has 0 spiro atoms. The summed E-state index contributed by atoms with van der Waals surface area (Å²) in [7, 11) is 0. The molecule has 0 nitrogen and oxygen atoms in total. The fourth-order valence-electron chi connectivity index (χ4n) is 2.31. The van der Waals surface area contributed by atoms with Gasteiger partial charge in [0.15, 0.2) is 0 Å². The molecule has 0 amide bonds. The molecule has 1 aromatic rings. The molecule has 0 N–H and O–H groups in total. The van der Waals surface area contributed by atoms with Gasteiger partial charge in [0, 0.05) is 0 Å². The summed E-state index contributed by atoms with van der Waals surface area (Å²) in [4.78, 5) is 0. The second kappa shape index (κ2) is 23.5. The highest BCUT2D eigenvalue weighted by atomic mass is 14.2. The van der Waals surface area contributed by atoms with E-state index in [1.165, 1.54) is 56.9 Å². The van der Waals surface area contributed by atoms with Crippen LogP contribution in [0.15, 0.2) is 30.3 Å². The van der Waals surface area contributed by atoms with Crippen molar-refractivity contribution in [1.82, 2.24) is 0 Å². The van der Waals surface area contributed by atoms with E-state index in [1.54, 1.807) is 0 Å². The van der Waals surface area contributed by atoms with Crippen molar-refractivity contribution in [2.75, 3.05) is 0 Å². The van der Waals surface area contributed by atoms with E-state index in [-0.39, 0.29) is 7.43 Å². The van der Waals surface area contributed by atoms with Crippen LogP contribution in [-0.2, 0) is 6.42 Å². The summed E-state index contributed by atoms with van der Waals surface area (Å²) in [6.45, 7) is 13.0. The Labute approximate surface area is 149 Å². The summed E-state index contributed by atoms with van der Waals surface area (Å²) in [6, 6.07) is 10.5. The molecule has 1 saturated carbocycles. The highest BCUT2D eigenvalue weighted by Crippen LogP contribution is 2.25. The molecule has 0 heteroatoms. The minimum absolute atomic E-state index is 0. The first-order valence-corrected chi connectivity index (χ1v) is 9.73. The molecule has 138 valence electrons. The molecule has 2 rings (SSSR count). The summed E-state index contributed by atoms with van der Waals surface area (Å²) < 4.78 is 0. The van der Waals surface area contributed by atoms with Gasteiger partial charge in [-0.25, -0.2) is 0 Å². The Balaban J connectivity index is -0.000000253. The summed E-state index contributed by atoms with van der Waals surface area (Å²) in [5, 5.41) is 0. The van der Waals surface area contributed by atoms with Gasteiger partial charge < -0.3 is 0 Å². The number of aryl methyl sites for hydroxylation is 1. The minimum Gasteiger partial charge on any atom is -0.0776 e. The Hall–Kier alpha value is -0.780. The third kappa shape index (κ3) is 21.2. The highest BCUT2D eigenvalue weighted by Gasteiger charge is 2.09. The van der Waals surface area contributed by atoms with Crippen LogP contribution in [0.25, 0.3) is 0 Å². The predicted molar refractivity (Wildman–Crippen MR) is 111 cm³/mol. The topological polar surface area (TPSA) is 0 Å². The van der Waals surface area contributed by atoms with Gasteiger partial charge in [0.1, 0.15) is 0 Å². The summed E-state index contributed by atoms with van der Waals surface area (Å²) in [6.07, 6.45) is 12.6. The van der Waals surface area contributed by atoms with Gasteiger partial charge in [-0.15, -0.1) is 0 Å². The first-order valence-electron chi connectivity index (χ1n) is 9.73. The van der Waals surface area contributed by atoms with E-state index in [0.717, 1.165) is 12.3 Å². The quantitative estimate of drug-likeness (QED) is 0.510. The van der Waals surface area contributed by atoms with Gasteiger partial charge in [-0.2, -0.15) is 0 Å². The third-order valence-electron chi connectivity index (χ3n) is 3.55. The van der Waals surface area contributed by atoms with Gasteiger partial charge in [0.2, 0.25) is 0 Å². The Morgan fingerprint density at radius 2 is 1.17 bits per heavy atom. The van der Waals surface area contributed by atoms with E-state index in [9.17, 15) is 0 Å². The van der Waals surface area contributed by atoms with Crippen molar-refractivity contribution in [2.24, 2.45) is 5.92 Å². The second-order valence-corrected chi connectivity index (χ2v) is 6.17. The average Bonchev–Trinajstić information content (AvgIpc) is 2.58. The molecule has 0 bridgehead atoms. The zero-order chi connectivity index (χ0) is 17.1. The maximum Gasteiger partial charge on any atom is -0.0307 e. The van der Waals surface area contributed by atoms with Crippen LogP contribution in [-0.4, -0.2) is 0 Å². The van der Waals surface area contributed by atoms with Crippen molar-refractivity contribution >= 4 is 0 Å². The second-order valence-electron chi connectivity index (χ2n) is 6.17. The van der Waals surface area contributed by atoms with Gasteiger partial charge in [0.05, 0.1) is 0 Å². The Morgan fingerprint density at radius 3 is 1.43 bits per heavy atom. The molecule has 0 heterocycles. The first-order chi connectivity index (χ1) is 10.7. The van der Waals surface area contributed by atoms with Crippen molar-refractivity contribution in [3.05, 3.63) is 35.9 Å². The monoisotopic (exact) mass is 322 g/mol. The van der Waals surface area contributed by atoms with E-state index < -0.39 is 0 Å². The van der Waals surface area contributed by atoms with Crippen molar-refractivity contribution in [1.29, 1.82) is 0 Å². The lowest BCUT2D eigenvalue weighted by Crippen LogP contribution is -2.03. The fraction of sp³-hybridized carbons (Fsp3) is 0.739. The van der Waals surface area contributed by atoms with Crippen molar-refractivity contribution in [3.8, 4) is 0 Å². The van der Waals surface area contributed by atoms with Crippen LogP contribution in [0, 0.1) is 5.92 Å². The van der Waals surface area contributed by atoms with Gasteiger partial charge >= 0.3 is 0 Å². The molecule has 1 aliphatic rings. The third-order valence-corrected chi connectivity index (χ3v) is 3.55. The minimum atomic E-state index is 0. The van der Waals surface area contributed by atoms with E-state index in [2.05, 4.69) is 65.8 Å². The van der Waals surface area contributed by atoms with E-state index >= 15 is 0 Å². The molecule has 0 aromatic heterocycles. The maximum absolute atomic E-state index is 2.32. The Bertz CT molecular complexity index is 267. The molecule has 0 unspecified atom stereocenters. The number of hydrogen-bond acceptors (Lipinski definition) is 0. The van der Waals surface area contributed by atoms with Crippen LogP contribution in [0.3, 0.4) is 0 Å². The number of hydrogen-bond donors (Lipinski definition) is 0. The SMILES string of the molecule is C.CCC.CCC.CCC1CCCCC1.CCc1ccccc1. The van der Waals surface area contributed by atoms with Gasteiger partial charge in [-0.05, 0) is 17.9 Å². The van der Waals surface area contributed by atoms with Crippen molar-refractivity contribution in [3.63, 3.8) is 0 Å². The Morgan fingerprint density at radius 1 is 0.739 bits per heavy atom. The molecule has 1 aromatic carbocycles. The molecule has 0 atom stereocenters. The zero-order valence-electron chi connectivity index (χ0n) is 16.3. The number of benzene rings is 1. The summed E-state index contributed by atoms with van der Waals surface area (Å²) in [5.41, 5.74) is 1.41. The van der Waals surface area contributed by atoms with Crippen LogP contribution < -0.4 is 0 Å². The van der Waals surface area contributed by atoms with Crippen molar-refractivity contribution in [2.45, 2.75) is 107 Å². The smallest absolute Gasteiger partial charge is 0.0307 e. The standard InChI is InChI=1S/C8H16.C8H10.2C3H8.CH4/c2*1-2-8-6-4-3-5-7-8;2*1-3-2;/h8H,2-7H2,1H3;3-7H,2H2,1H3;2*3H2,1-2H3;1H4. The summed E-state index contributed by atoms with van der Waals surface area (Å²) >= 11 is 0. The molecule has 23 heavy (non-hydrogen) atoms. The molecule has 0 radical (unpaired) electrons. The van der Waals surface area contributed by atoms with E-state index in [4.69, 9.17) is 0 Å². The molecule has 0 saturated heterocycles. The average molecular weight is 323 g/mol. The lowest BCUT2D eigenvalue weighted by molar-refractivity contribution is 0.349. The van der Waals surface area contributed by atoms with Gasteiger partial charge in [-0.1, -0.05) is 131 Å².